The van der Waals surface area contributed by atoms with Crippen molar-refractivity contribution in [2.24, 2.45) is 10.9 Å². The maximum absolute atomic E-state index is 5.93. The predicted molar refractivity (Wildman–Crippen MR) is 130 cm³/mol. The van der Waals surface area contributed by atoms with Crippen LogP contribution in [0.4, 0.5) is 0 Å². The molecule has 0 amide bonds. The topological polar surface area (TPSA) is 64.1 Å². The fraction of sp³-hybridized carbons (Fsp3) is 0.682. The zero-order valence-corrected chi connectivity index (χ0v) is 20.5. The molecule has 0 unspecified atom stereocenters. The van der Waals surface area contributed by atoms with E-state index in [1.165, 1.54) is 11.1 Å². The number of aliphatic imine (C=N–C) groups is 1. The summed E-state index contributed by atoms with van der Waals surface area (Å²) < 4.78 is 17.1. The van der Waals surface area contributed by atoms with Crippen LogP contribution in [0.3, 0.4) is 0 Å². The molecule has 0 aromatic heterocycles. The van der Waals surface area contributed by atoms with Crippen molar-refractivity contribution in [3.05, 3.63) is 29.3 Å². The summed E-state index contributed by atoms with van der Waals surface area (Å²) in [7, 11) is 1.80. The summed E-state index contributed by atoms with van der Waals surface area (Å²) in [5.41, 5.74) is 2.37. The number of aryl methyl sites for hydroxylation is 2. The van der Waals surface area contributed by atoms with Crippen molar-refractivity contribution in [3.63, 3.8) is 0 Å². The normalized spacial score (nSPS) is 14.9. The Morgan fingerprint density at radius 1 is 1.07 bits per heavy atom. The molecule has 0 radical (unpaired) electrons. The average molecular weight is 519 g/mol. The van der Waals surface area contributed by atoms with Gasteiger partial charge in [-0.25, -0.2) is 0 Å². The summed E-state index contributed by atoms with van der Waals surface area (Å²) in [6, 6.07) is 6.23. The molecule has 29 heavy (non-hydrogen) atoms. The van der Waals surface area contributed by atoms with Gasteiger partial charge in [0.1, 0.15) is 5.75 Å². The standard InChI is InChI=1S/C22H37N3O3.HI/c1-18-7-4-8-19(2)21(18)28-14-6-12-25-22(23-3)24-11-5-13-27-17-20-9-15-26-16-10-20;/h4,7-8,20H,5-6,9-17H2,1-3H3,(H2,23,24,25);1H. The Hall–Kier alpha value is -1.06. The van der Waals surface area contributed by atoms with Gasteiger partial charge in [0.15, 0.2) is 5.96 Å². The first-order valence-corrected chi connectivity index (χ1v) is 10.5. The van der Waals surface area contributed by atoms with Crippen LogP contribution < -0.4 is 15.4 Å². The summed E-state index contributed by atoms with van der Waals surface area (Å²) in [4.78, 5) is 4.26. The lowest BCUT2D eigenvalue weighted by Gasteiger charge is -2.21. The number of para-hydroxylation sites is 1. The largest absolute Gasteiger partial charge is 0.493 e. The SMILES string of the molecule is CN=C(NCCCOCC1CCOCC1)NCCCOc1c(C)cccc1C.I. The summed E-state index contributed by atoms with van der Waals surface area (Å²) in [6.07, 6.45) is 4.14. The first-order chi connectivity index (χ1) is 13.7. The smallest absolute Gasteiger partial charge is 0.190 e. The van der Waals surface area contributed by atoms with Crippen LogP contribution in [0.2, 0.25) is 0 Å². The Morgan fingerprint density at radius 2 is 1.69 bits per heavy atom. The van der Waals surface area contributed by atoms with E-state index in [-0.39, 0.29) is 24.0 Å². The molecular weight excluding hydrogens is 481 g/mol. The van der Waals surface area contributed by atoms with Gasteiger partial charge in [-0.05, 0) is 56.6 Å². The van der Waals surface area contributed by atoms with Crippen LogP contribution in [0.5, 0.6) is 5.75 Å². The Balaban J connectivity index is 0.00000420. The fourth-order valence-corrected chi connectivity index (χ4v) is 3.24. The van der Waals surface area contributed by atoms with Crippen LogP contribution in [0.1, 0.15) is 36.8 Å². The van der Waals surface area contributed by atoms with Gasteiger partial charge < -0.3 is 24.8 Å². The number of hydrogen-bond donors (Lipinski definition) is 2. The van der Waals surface area contributed by atoms with E-state index in [4.69, 9.17) is 14.2 Å². The monoisotopic (exact) mass is 519 g/mol. The lowest BCUT2D eigenvalue weighted by Crippen LogP contribution is -2.38. The second kappa shape index (κ2) is 15.7. The molecule has 1 aromatic carbocycles. The molecule has 0 atom stereocenters. The summed E-state index contributed by atoms with van der Waals surface area (Å²) in [5.74, 6) is 2.50. The van der Waals surface area contributed by atoms with Gasteiger partial charge in [0.25, 0.3) is 0 Å². The zero-order chi connectivity index (χ0) is 20.0. The molecule has 1 aromatic rings. The third-order valence-electron chi connectivity index (χ3n) is 4.94. The highest BCUT2D eigenvalue weighted by atomic mass is 127. The first kappa shape index (κ1) is 26.0. The Morgan fingerprint density at radius 3 is 2.31 bits per heavy atom. The molecule has 7 heteroatoms. The predicted octanol–water partition coefficient (Wildman–Crippen LogP) is 3.69. The molecule has 1 heterocycles. The van der Waals surface area contributed by atoms with Crippen LogP contribution in [-0.2, 0) is 9.47 Å². The van der Waals surface area contributed by atoms with Gasteiger partial charge in [0, 0.05) is 46.6 Å². The highest BCUT2D eigenvalue weighted by Crippen LogP contribution is 2.22. The van der Waals surface area contributed by atoms with E-state index in [1.54, 1.807) is 7.05 Å². The van der Waals surface area contributed by atoms with Gasteiger partial charge in [-0.1, -0.05) is 18.2 Å². The van der Waals surface area contributed by atoms with E-state index < -0.39 is 0 Å². The van der Waals surface area contributed by atoms with E-state index in [1.807, 2.05) is 0 Å². The first-order valence-electron chi connectivity index (χ1n) is 10.5. The molecule has 2 rings (SSSR count). The summed E-state index contributed by atoms with van der Waals surface area (Å²) in [5, 5.41) is 6.66. The number of guanidine groups is 1. The maximum atomic E-state index is 5.93. The Kier molecular flexibility index (Phi) is 14.1. The third-order valence-corrected chi connectivity index (χ3v) is 4.94. The Bertz CT molecular complexity index is 572. The minimum absolute atomic E-state index is 0. The zero-order valence-electron chi connectivity index (χ0n) is 18.2. The van der Waals surface area contributed by atoms with Gasteiger partial charge in [0.2, 0.25) is 0 Å². The van der Waals surface area contributed by atoms with Crippen LogP contribution in [0.15, 0.2) is 23.2 Å². The van der Waals surface area contributed by atoms with Crippen LogP contribution in [-0.4, -0.2) is 59.1 Å². The Labute approximate surface area is 193 Å². The van der Waals surface area contributed by atoms with E-state index in [0.29, 0.717) is 12.5 Å². The van der Waals surface area contributed by atoms with E-state index in [9.17, 15) is 0 Å². The van der Waals surface area contributed by atoms with Crippen LogP contribution in [0, 0.1) is 19.8 Å². The molecule has 1 fully saturated rings. The number of hydrogen-bond acceptors (Lipinski definition) is 4. The number of nitrogens with zero attached hydrogens (tertiary/aromatic N) is 1. The quantitative estimate of drug-likeness (QED) is 0.202. The molecule has 166 valence electrons. The maximum Gasteiger partial charge on any atom is 0.190 e. The minimum atomic E-state index is 0. The number of ether oxygens (including phenoxy) is 3. The lowest BCUT2D eigenvalue weighted by atomic mass is 10.0. The van der Waals surface area contributed by atoms with Crippen LogP contribution >= 0.6 is 24.0 Å². The number of nitrogens with one attached hydrogen (secondary N) is 2. The van der Waals surface area contributed by atoms with Crippen molar-refractivity contribution in [2.75, 3.05) is 53.2 Å². The average Bonchev–Trinajstić information content (AvgIpc) is 2.71. The number of halogens is 1. The summed E-state index contributed by atoms with van der Waals surface area (Å²) >= 11 is 0. The van der Waals surface area contributed by atoms with Crippen LogP contribution in [0.25, 0.3) is 0 Å². The second-order valence-electron chi connectivity index (χ2n) is 7.33. The number of rotatable bonds is 11. The molecule has 0 aliphatic carbocycles. The van der Waals surface area contributed by atoms with Gasteiger partial charge in [-0.2, -0.15) is 0 Å². The molecular formula is C22H38IN3O3. The highest BCUT2D eigenvalue weighted by molar-refractivity contribution is 14.0. The molecule has 2 N–H and O–H groups in total. The van der Waals surface area contributed by atoms with Gasteiger partial charge >= 0.3 is 0 Å². The molecule has 1 aliphatic heterocycles. The van der Waals surface area contributed by atoms with Crippen molar-refractivity contribution in [2.45, 2.75) is 39.5 Å². The molecule has 1 saturated heterocycles. The molecule has 0 spiro atoms. The van der Waals surface area contributed by atoms with Crippen molar-refractivity contribution >= 4 is 29.9 Å². The van der Waals surface area contributed by atoms with Crippen molar-refractivity contribution in [3.8, 4) is 5.75 Å². The molecule has 0 bridgehead atoms. The second-order valence-corrected chi connectivity index (χ2v) is 7.33. The van der Waals surface area contributed by atoms with E-state index >= 15 is 0 Å². The molecule has 6 nitrogen and oxygen atoms in total. The minimum Gasteiger partial charge on any atom is -0.493 e. The van der Waals surface area contributed by atoms with Gasteiger partial charge in [0.05, 0.1) is 6.61 Å². The van der Waals surface area contributed by atoms with E-state index in [0.717, 1.165) is 76.9 Å². The third kappa shape index (κ3) is 10.5. The lowest BCUT2D eigenvalue weighted by molar-refractivity contribution is 0.0203. The van der Waals surface area contributed by atoms with Crippen molar-refractivity contribution < 1.29 is 14.2 Å². The highest BCUT2D eigenvalue weighted by Gasteiger charge is 2.13. The van der Waals surface area contributed by atoms with Gasteiger partial charge in [-0.15, -0.1) is 24.0 Å². The number of benzene rings is 1. The molecule has 1 aliphatic rings. The fourth-order valence-electron chi connectivity index (χ4n) is 3.24. The van der Waals surface area contributed by atoms with E-state index in [2.05, 4.69) is 47.7 Å². The summed E-state index contributed by atoms with van der Waals surface area (Å²) in [6.45, 7) is 9.94. The molecule has 0 saturated carbocycles. The van der Waals surface area contributed by atoms with Gasteiger partial charge in [-0.3, -0.25) is 4.99 Å². The van der Waals surface area contributed by atoms with Crippen molar-refractivity contribution in [1.29, 1.82) is 0 Å². The van der Waals surface area contributed by atoms with Crippen molar-refractivity contribution in [1.82, 2.24) is 10.6 Å².